The number of fused-ring (bicyclic) bond motifs is 1. The molecule has 1 fully saturated rings. The zero-order valence-electron chi connectivity index (χ0n) is 25.6. The zero-order valence-corrected chi connectivity index (χ0v) is 26.4. The Hall–Kier alpha value is -4.80. The van der Waals surface area contributed by atoms with Crippen molar-refractivity contribution < 1.29 is 8.42 Å². The first-order valence-corrected chi connectivity index (χ1v) is 16.5. The fourth-order valence-corrected chi connectivity index (χ4v) is 7.15. The summed E-state index contributed by atoms with van der Waals surface area (Å²) < 4.78 is 31.1. The van der Waals surface area contributed by atoms with E-state index in [0.29, 0.717) is 5.65 Å². The lowest BCUT2D eigenvalue weighted by Gasteiger charge is -2.33. The van der Waals surface area contributed by atoms with Crippen LogP contribution in [-0.4, -0.2) is 70.3 Å². The molecule has 9 nitrogen and oxygen atoms in total. The monoisotopic (exact) mass is 617 g/mol. The van der Waals surface area contributed by atoms with Crippen LogP contribution in [0.4, 0.5) is 5.82 Å². The predicted molar refractivity (Wildman–Crippen MR) is 178 cm³/mol. The van der Waals surface area contributed by atoms with Crippen molar-refractivity contribution in [2.24, 2.45) is 0 Å². The average molecular weight is 618 g/mol. The molecule has 0 spiro atoms. The molecule has 5 heterocycles. The highest BCUT2D eigenvalue weighted by Gasteiger charge is 2.24. The van der Waals surface area contributed by atoms with Gasteiger partial charge in [-0.05, 0) is 56.8 Å². The van der Waals surface area contributed by atoms with Crippen LogP contribution in [0, 0.1) is 6.92 Å². The van der Waals surface area contributed by atoms with Crippen molar-refractivity contribution in [2.75, 3.05) is 38.1 Å². The highest BCUT2D eigenvalue weighted by molar-refractivity contribution is 7.90. The number of nitrogens with zero attached hydrogens (tertiary/aromatic N) is 7. The first-order chi connectivity index (χ1) is 21.8. The first kappa shape index (κ1) is 28.9. The van der Waals surface area contributed by atoms with Gasteiger partial charge in [-0.2, -0.15) is 5.10 Å². The second-order valence-electron chi connectivity index (χ2n) is 11.7. The van der Waals surface area contributed by atoms with E-state index in [2.05, 4.69) is 47.1 Å². The Bertz CT molecular complexity index is 2060. The minimum Gasteiger partial charge on any atom is -0.354 e. The molecule has 1 atom stereocenters. The number of aromatic nitrogens is 5. The maximum Gasteiger partial charge on any atom is 0.269 e. The third kappa shape index (κ3) is 5.51. The number of hydrogen-bond acceptors (Lipinski definition) is 7. The number of likely N-dealkylation sites (N-methyl/N-ethyl adjacent to an activating group) is 1. The molecule has 6 aromatic rings. The molecular formula is C35H35N7O2S. The van der Waals surface area contributed by atoms with E-state index >= 15 is 0 Å². The van der Waals surface area contributed by atoms with Crippen LogP contribution in [0.2, 0.25) is 0 Å². The minimum absolute atomic E-state index is 0.00293. The van der Waals surface area contributed by atoms with E-state index in [-0.39, 0.29) is 10.9 Å². The van der Waals surface area contributed by atoms with Crippen LogP contribution in [0.25, 0.3) is 33.3 Å². The van der Waals surface area contributed by atoms with Crippen LogP contribution < -0.4 is 4.90 Å². The molecule has 0 bridgehead atoms. The Morgan fingerprint density at radius 1 is 0.778 bits per heavy atom. The van der Waals surface area contributed by atoms with Crippen LogP contribution in [0.3, 0.4) is 0 Å². The largest absolute Gasteiger partial charge is 0.354 e. The van der Waals surface area contributed by atoms with Crippen molar-refractivity contribution in [3.8, 4) is 22.3 Å². The van der Waals surface area contributed by atoms with Crippen LogP contribution in [0.15, 0.2) is 109 Å². The summed E-state index contributed by atoms with van der Waals surface area (Å²) in [6.45, 7) is 7.93. The Balaban J connectivity index is 1.31. The van der Waals surface area contributed by atoms with Gasteiger partial charge in [0.25, 0.3) is 10.0 Å². The Morgan fingerprint density at radius 2 is 1.51 bits per heavy atom. The van der Waals surface area contributed by atoms with E-state index in [9.17, 15) is 8.42 Å². The fraction of sp³-hybridized carbons (Fsp3) is 0.229. The smallest absolute Gasteiger partial charge is 0.269 e. The average Bonchev–Trinajstić information content (AvgIpc) is 3.71. The summed E-state index contributed by atoms with van der Waals surface area (Å²) in [5, 5.41) is 5.39. The minimum atomic E-state index is -3.92. The molecule has 10 heteroatoms. The molecule has 7 rings (SSSR count). The van der Waals surface area contributed by atoms with Crippen LogP contribution >= 0.6 is 0 Å². The molecular weight excluding hydrogens is 582 g/mol. The van der Waals surface area contributed by atoms with E-state index in [0.717, 1.165) is 70.8 Å². The predicted octanol–water partition coefficient (Wildman–Crippen LogP) is 5.87. The molecule has 1 saturated heterocycles. The molecule has 1 aliphatic rings. The zero-order chi connectivity index (χ0) is 31.1. The van der Waals surface area contributed by atoms with Gasteiger partial charge in [-0.15, -0.1) is 0 Å². The molecule has 0 radical (unpaired) electrons. The van der Waals surface area contributed by atoms with Crippen molar-refractivity contribution in [2.45, 2.75) is 24.8 Å². The van der Waals surface area contributed by atoms with Gasteiger partial charge in [0.15, 0.2) is 5.65 Å². The molecule has 45 heavy (non-hydrogen) atoms. The molecule has 228 valence electrons. The Morgan fingerprint density at radius 3 is 2.22 bits per heavy atom. The Kier molecular flexibility index (Phi) is 7.47. The molecule has 1 aliphatic heterocycles. The summed E-state index contributed by atoms with van der Waals surface area (Å²) in [6, 6.07) is 23.2. The number of pyridine rings is 2. The summed E-state index contributed by atoms with van der Waals surface area (Å²) in [5.74, 6) is 0.955. The normalized spacial score (nSPS) is 15.0. The van der Waals surface area contributed by atoms with E-state index in [1.54, 1.807) is 42.9 Å². The van der Waals surface area contributed by atoms with Gasteiger partial charge in [-0.25, -0.2) is 22.4 Å². The van der Waals surface area contributed by atoms with Gasteiger partial charge >= 0.3 is 0 Å². The van der Waals surface area contributed by atoms with Crippen molar-refractivity contribution in [3.05, 3.63) is 115 Å². The summed E-state index contributed by atoms with van der Waals surface area (Å²) in [4.78, 5) is 14.3. The second kappa shape index (κ2) is 11.6. The molecule has 4 aromatic heterocycles. The van der Waals surface area contributed by atoms with Crippen LogP contribution in [0.5, 0.6) is 0 Å². The maximum atomic E-state index is 13.9. The fourth-order valence-electron chi connectivity index (χ4n) is 5.83. The molecule has 0 N–H and O–H groups in total. The lowest BCUT2D eigenvalue weighted by molar-refractivity contribution is 0.312. The number of rotatable bonds is 7. The van der Waals surface area contributed by atoms with E-state index in [4.69, 9.17) is 9.97 Å². The molecule has 2 aromatic carbocycles. The lowest BCUT2D eigenvalue weighted by Crippen LogP contribution is -2.44. The van der Waals surface area contributed by atoms with Crippen molar-refractivity contribution in [1.82, 2.24) is 28.6 Å². The van der Waals surface area contributed by atoms with Crippen molar-refractivity contribution in [3.63, 3.8) is 0 Å². The summed E-state index contributed by atoms with van der Waals surface area (Å²) >= 11 is 0. The highest BCUT2D eigenvalue weighted by atomic mass is 32.2. The number of anilines is 1. The van der Waals surface area contributed by atoms with Crippen LogP contribution in [-0.2, 0) is 10.0 Å². The molecule has 0 saturated carbocycles. The number of benzene rings is 2. The lowest BCUT2D eigenvalue weighted by atomic mass is 10.1. The van der Waals surface area contributed by atoms with Gasteiger partial charge < -0.3 is 9.80 Å². The first-order valence-electron chi connectivity index (χ1n) is 15.1. The van der Waals surface area contributed by atoms with Gasteiger partial charge in [0, 0.05) is 78.6 Å². The van der Waals surface area contributed by atoms with Gasteiger partial charge in [-0.3, -0.25) is 4.68 Å². The maximum absolute atomic E-state index is 13.9. The summed E-state index contributed by atoms with van der Waals surface area (Å²) in [7, 11) is -1.78. The summed E-state index contributed by atoms with van der Waals surface area (Å²) in [5.41, 5.74) is 5.80. The van der Waals surface area contributed by atoms with Gasteiger partial charge in [0.1, 0.15) is 5.82 Å². The van der Waals surface area contributed by atoms with Gasteiger partial charge in [0.05, 0.1) is 17.1 Å². The summed E-state index contributed by atoms with van der Waals surface area (Å²) in [6.07, 6.45) is 9.01. The van der Waals surface area contributed by atoms with Gasteiger partial charge in [-0.1, -0.05) is 48.0 Å². The van der Waals surface area contributed by atoms with E-state index in [1.807, 2.05) is 54.3 Å². The SMILES string of the molecule is Cc1ccc(S(=O)(=O)n2cc(-c3cnn(C(C)c4ccccc4)c3)c3cc(-c4ccc(N5CCN(C)CC5)nc4)cnc32)cc1. The quantitative estimate of drug-likeness (QED) is 0.221. The topological polar surface area (TPSA) is 89.2 Å². The number of piperazine rings is 1. The second-order valence-corrected chi connectivity index (χ2v) is 13.6. The number of hydrogen-bond donors (Lipinski definition) is 0. The van der Waals surface area contributed by atoms with Crippen LogP contribution in [0.1, 0.15) is 24.1 Å². The Labute approximate surface area is 263 Å². The highest BCUT2D eigenvalue weighted by Crippen LogP contribution is 2.35. The van der Waals surface area contributed by atoms with Crippen molar-refractivity contribution in [1.29, 1.82) is 0 Å². The number of aryl methyl sites for hydroxylation is 1. The van der Waals surface area contributed by atoms with Gasteiger partial charge in [0.2, 0.25) is 0 Å². The molecule has 1 unspecified atom stereocenters. The van der Waals surface area contributed by atoms with Crippen molar-refractivity contribution >= 4 is 26.9 Å². The van der Waals surface area contributed by atoms with E-state index in [1.165, 1.54) is 3.97 Å². The third-order valence-electron chi connectivity index (χ3n) is 8.69. The van der Waals surface area contributed by atoms with E-state index < -0.39 is 10.0 Å². The molecule has 0 amide bonds. The molecule has 0 aliphatic carbocycles. The standard InChI is InChI=1S/C35H35N7O2S/c1-25-9-12-31(13-10-25)45(43,44)42-24-33(30-22-38-41(23-30)26(2)27-7-5-4-6-8-27)32-19-29(21-37-35(32)42)28-11-14-34(36-20-28)40-17-15-39(3)16-18-40/h4-14,19-24,26H,15-18H2,1-3H3. The third-order valence-corrected chi connectivity index (χ3v) is 10.4.